The lowest BCUT2D eigenvalue weighted by molar-refractivity contribution is -0.136. The topological polar surface area (TPSA) is 114 Å². The van der Waals surface area contributed by atoms with Gasteiger partial charge in [0, 0.05) is 44.3 Å². The van der Waals surface area contributed by atoms with E-state index in [0.717, 1.165) is 25.7 Å². The molecular weight excluding hydrogens is 424 g/mol. The van der Waals surface area contributed by atoms with Crippen molar-refractivity contribution in [1.82, 2.24) is 15.1 Å². The van der Waals surface area contributed by atoms with Gasteiger partial charge in [-0.15, -0.1) is 0 Å². The Bertz CT molecular complexity index is 868. The van der Waals surface area contributed by atoms with Crippen LogP contribution in [0.5, 0.6) is 5.75 Å². The Morgan fingerprint density at radius 3 is 2.76 bits per heavy atom. The van der Waals surface area contributed by atoms with Gasteiger partial charge < -0.3 is 30.3 Å². The SMILES string of the molecule is COc1cccc(C(=O)N2CC(N(CC3CCCO3)C(=O)C3CC3)CC2C(=O)NCCN)c1. The van der Waals surface area contributed by atoms with Gasteiger partial charge in [-0.25, -0.2) is 0 Å². The summed E-state index contributed by atoms with van der Waals surface area (Å²) in [4.78, 5) is 43.1. The average Bonchev–Trinajstić information content (AvgIpc) is 3.38. The quantitative estimate of drug-likeness (QED) is 0.565. The van der Waals surface area contributed by atoms with Crippen LogP contribution in [0, 0.1) is 5.92 Å². The molecule has 3 amide bonds. The summed E-state index contributed by atoms with van der Waals surface area (Å²) in [7, 11) is 1.55. The van der Waals surface area contributed by atoms with E-state index in [1.54, 1.807) is 36.3 Å². The van der Waals surface area contributed by atoms with Crippen molar-refractivity contribution in [1.29, 1.82) is 0 Å². The largest absolute Gasteiger partial charge is 0.497 e. The molecule has 3 unspecified atom stereocenters. The van der Waals surface area contributed by atoms with Crippen LogP contribution in [0.15, 0.2) is 24.3 Å². The second-order valence-electron chi connectivity index (χ2n) is 9.07. The first kappa shape index (κ1) is 23.5. The fourth-order valence-corrected chi connectivity index (χ4v) is 4.74. The smallest absolute Gasteiger partial charge is 0.254 e. The highest BCUT2D eigenvalue weighted by molar-refractivity contribution is 5.98. The molecule has 0 spiro atoms. The fraction of sp³-hybridized carbons (Fsp3) is 0.625. The summed E-state index contributed by atoms with van der Waals surface area (Å²) in [5.74, 6) is 0.256. The molecule has 3 fully saturated rings. The second-order valence-corrected chi connectivity index (χ2v) is 9.07. The molecule has 1 saturated carbocycles. The molecule has 1 aromatic rings. The van der Waals surface area contributed by atoms with Crippen LogP contribution in [0.4, 0.5) is 0 Å². The number of methoxy groups -OCH3 is 1. The van der Waals surface area contributed by atoms with Crippen molar-refractivity contribution in [3.63, 3.8) is 0 Å². The summed E-state index contributed by atoms with van der Waals surface area (Å²) in [6.45, 7) is 2.18. The number of hydrogen-bond acceptors (Lipinski definition) is 6. The summed E-state index contributed by atoms with van der Waals surface area (Å²) in [6, 6.07) is 6.01. The van der Waals surface area contributed by atoms with E-state index in [2.05, 4.69) is 5.32 Å². The van der Waals surface area contributed by atoms with Crippen LogP contribution in [0.1, 0.15) is 42.5 Å². The van der Waals surface area contributed by atoms with E-state index in [0.29, 0.717) is 50.5 Å². The van der Waals surface area contributed by atoms with Gasteiger partial charge in [0.05, 0.1) is 19.3 Å². The van der Waals surface area contributed by atoms with Crippen molar-refractivity contribution in [2.75, 3.05) is 39.9 Å². The lowest BCUT2D eigenvalue weighted by atomic mass is 10.1. The van der Waals surface area contributed by atoms with Crippen molar-refractivity contribution < 1.29 is 23.9 Å². The van der Waals surface area contributed by atoms with Crippen molar-refractivity contribution in [2.24, 2.45) is 11.7 Å². The molecule has 3 N–H and O–H groups in total. The first-order valence-electron chi connectivity index (χ1n) is 11.9. The molecule has 0 bridgehead atoms. The Morgan fingerprint density at radius 2 is 2.09 bits per heavy atom. The van der Waals surface area contributed by atoms with Gasteiger partial charge in [-0.3, -0.25) is 14.4 Å². The molecule has 3 aliphatic rings. The van der Waals surface area contributed by atoms with E-state index in [4.69, 9.17) is 15.2 Å². The van der Waals surface area contributed by atoms with Gasteiger partial charge in [0.2, 0.25) is 11.8 Å². The number of nitrogens with zero attached hydrogens (tertiary/aromatic N) is 2. The zero-order chi connectivity index (χ0) is 23.4. The van der Waals surface area contributed by atoms with Gasteiger partial charge in [0.15, 0.2) is 0 Å². The molecule has 2 heterocycles. The number of likely N-dealkylation sites (tertiary alicyclic amines) is 1. The maximum absolute atomic E-state index is 13.5. The number of amides is 3. The Hall–Kier alpha value is -2.65. The van der Waals surface area contributed by atoms with Gasteiger partial charge in [-0.1, -0.05) is 6.07 Å². The maximum atomic E-state index is 13.5. The third-order valence-corrected chi connectivity index (χ3v) is 6.68. The lowest BCUT2D eigenvalue weighted by Crippen LogP contribution is -2.47. The van der Waals surface area contributed by atoms with E-state index < -0.39 is 6.04 Å². The second kappa shape index (κ2) is 10.5. The fourth-order valence-electron chi connectivity index (χ4n) is 4.74. The van der Waals surface area contributed by atoms with E-state index in [1.807, 2.05) is 4.90 Å². The number of hydrogen-bond donors (Lipinski definition) is 2. The molecule has 4 rings (SSSR count). The highest BCUT2D eigenvalue weighted by Gasteiger charge is 2.46. The molecule has 1 aromatic carbocycles. The molecule has 0 aromatic heterocycles. The number of nitrogens with two attached hydrogens (primary N) is 1. The zero-order valence-electron chi connectivity index (χ0n) is 19.2. The normalized spacial score (nSPS) is 24.5. The number of rotatable bonds is 9. The third-order valence-electron chi connectivity index (χ3n) is 6.68. The van der Waals surface area contributed by atoms with E-state index in [9.17, 15) is 14.4 Å². The predicted octanol–water partition coefficient (Wildman–Crippen LogP) is 0.771. The Labute approximate surface area is 194 Å². The zero-order valence-corrected chi connectivity index (χ0v) is 19.2. The van der Waals surface area contributed by atoms with E-state index >= 15 is 0 Å². The molecule has 33 heavy (non-hydrogen) atoms. The molecule has 2 saturated heterocycles. The molecular formula is C24H34N4O5. The van der Waals surface area contributed by atoms with Crippen molar-refractivity contribution >= 4 is 17.7 Å². The van der Waals surface area contributed by atoms with Crippen LogP contribution in [-0.4, -0.2) is 85.6 Å². The van der Waals surface area contributed by atoms with Crippen LogP contribution >= 0.6 is 0 Å². The molecule has 0 radical (unpaired) electrons. The summed E-state index contributed by atoms with van der Waals surface area (Å²) < 4.78 is 11.1. The standard InChI is InChI=1S/C24H34N4O5/c1-32-19-5-2-4-17(12-19)24(31)28-14-18(13-21(28)22(29)26-10-9-25)27(23(30)16-7-8-16)15-20-6-3-11-33-20/h2,4-5,12,16,18,20-21H,3,6-11,13-15,25H2,1H3,(H,26,29). The van der Waals surface area contributed by atoms with Gasteiger partial charge in [-0.05, 0) is 50.3 Å². The van der Waals surface area contributed by atoms with Crippen LogP contribution < -0.4 is 15.8 Å². The first-order chi connectivity index (χ1) is 16.0. The number of carbonyl (C=O) groups is 3. The Kier molecular flexibility index (Phi) is 7.49. The number of nitrogens with one attached hydrogen (secondary N) is 1. The van der Waals surface area contributed by atoms with Gasteiger partial charge in [0.1, 0.15) is 11.8 Å². The monoisotopic (exact) mass is 458 g/mol. The van der Waals surface area contributed by atoms with Crippen LogP contribution in [0.3, 0.4) is 0 Å². The number of benzene rings is 1. The average molecular weight is 459 g/mol. The molecule has 9 nitrogen and oxygen atoms in total. The molecule has 9 heteroatoms. The Balaban J connectivity index is 1.57. The summed E-state index contributed by atoms with van der Waals surface area (Å²) in [6.07, 6.45) is 4.14. The summed E-state index contributed by atoms with van der Waals surface area (Å²) >= 11 is 0. The van der Waals surface area contributed by atoms with Crippen molar-refractivity contribution in [3.05, 3.63) is 29.8 Å². The molecule has 180 valence electrons. The molecule has 3 atom stereocenters. The minimum absolute atomic E-state index is 0.0142. The minimum atomic E-state index is -0.667. The van der Waals surface area contributed by atoms with E-state index in [-0.39, 0.29) is 35.8 Å². The van der Waals surface area contributed by atoms with E-state index in [1.165, 1.54) is 0 Å². The van der Waals surface area contributed by atoms with Crippen LogP contribution in [-0.2, 0) is 14.3 Å². The highest BCUT2D eigenvalue weighted by Crippen LogP contribution is 2.35. The highest BCUT2D eigenvalue weighted by atomic mass is 16.5. The van der Waals surface area contributed by atoms with Gasteiger partial charge in [-0.2, -0.15) is 0 Å². The third kappa shape index (κ3) is 5.47. The molecule has 2 aliphatic heterocycles. The number of ether oxygens (including phenoxy) is 2. The maximum Gasteiger partial charge on any atom is 0.254 e. The lowest BCUT2D eigenvalue weighted by Gasteiger charge is -2.31. The minimum Gasteiger partial charge on any atom is -0.497 e. The Morgan fingerprint density at radius 1 is 1.27 bits per heavy atom. The number of carbonyl (C=O) groups excluding carboxylic acids is 3. The summed E-state index contributed by atoms with van der Waals surface area (Å²) in [5.41, 5.74) is 6.01. The van der Waals surface area contributed by atoms with Crippen molar-refractivity contribution in [2.45, 2.75) is 50.3 Å². The summed E-state index contributed by atoms with van der Waals surface area (Å²) in [5, 5.41) is 2.82. The van der Waals surface area contributed by atoms with Gasteiger partial charge in [0.25, 0.3) is 5.91 Å². The predicted molar refractivity (Wildman–Crippen MR) is 122 cm³/mol. The van der Waals surface area contributed by atoms with Crippen molar-refractivity contribution in [3.8, 4) is 5.75 Å². The van der Waals surface area contributed by atoms with Crippen LogP contribution in [0.2, 0.25) is 0 Å². The van der Waals surface area contributed by atoms with Crippen LogP contribution in [0.25, 0.3) is 0 Å². The molecule has 1 aliphatic carbocycles. The van der Waals surface area contributed by atoms with Gasteiger partial charge >= 0.3 is 0 Å². The first-order valence-corrected chi connectivity index (χ1v) is 11.9.